The Bertz CT molecular complexity index is 1680. The zero-order chi connectivity index (χ0) is 34.1. The van der Waals surface area contributed by atoms with Crippen molar-refractivity contribution in [3.05, 3.63) is 179 Å². The number of hydrogen-bond donors (Lipinski definition) is 0. The van der Waals surface area contributed by atoms with E-state index < -0.39 is 5.60 Å². The first-order chi connectivity index (χ1) is 24.0. The Kier molecular flexibility index (Phi) is 11.5. The summed E-state index contributed by atoms with van der Waals surface area (Å²) in [6, 6.07) is 51.1. The Hall–Kier alpha value is -4.36. The summed E-state index contributed by atoms with van der Waals surface area (Å²) in [6.45, 7) is 4.99. The van der Waals surface area contributed by atoms with Crippen molar-refractivity contribution in [3.63, 3.8) is 0 Å². The van der Waals surface area contributed by atoms with Gasteiger partial charge in [-0.25, -0.2) is 4.79 Å². The van der Waals surface area contributed by atoms with Crippen molar-refractivity contribution >= 4 is 17.9 Å². The van der Waals surface area contributed by atoms with Crippen LogP contribution < -0.4 is 0 Å². The third-order valence-electron chi connectivity index (χ3n) is 9.40. The number of ether oxygens (including phenoxy) is 3. The normalized spacial score (nSPS) is 17.4. The second kappa shape index (κ2) is 16.4. The molecular weight excluding hydrogens is 627 g/mol. The van der Waals surface area contributed by atoms with Crippen LogP contribution >= 0.6 is 11.8 Å². The molecule has 1 aliphatic rings. The zero-order valence-electron chi connectivity index (χ0n) is 28.4. The van der Waals surface area contributed by atoms with Crippen LogP contribution in [0.3, 0.4) is 0 Å². The highest BCUT2D eigenvalue weighted by Crippen LogP contribution is 2.51. The van der Waals surface area contributed by atoms with Crippen molar-refractivity contribution in [1.29, 1.82) is 0 Å². The quantitative estimate of drug-likeness (QED) is 0.0819. The molecule has 49 heavy (non-hydrogen) atoms. The maximum absolute atomic E-state index is 14.5. The maximum atomic E-state index is 14.5. The van der Waals surface area contributed by atoms with Gasteiger partial charge in [0.1, 0.15) is 6.79 Å². The summed E-state index contributed by atoms with van der Waals surface area (Å²) in [5.74, 6) is -0.0165. The van der Waals surface area contributed by atoms with Crippen molar-refractivity contribution < 1.29 is 19.0 Å². The standard InChI is InChI=1S/C43H45NO4S/c1-32(2)40-43(36-25-15-7-16-26-36,37-27-17-8-18-28-37)48-42(45)44(40)41(49-3)38(34-21-11-5-12-22-34)29-39(35-23-13-6-14-24-35)47-31-46-30-33-19-9-4-10-20-33/h4-28,32,38-41H,29-31H2,1-3H3/t38-,39+,40+,41+/m1/s1. The molecular formula is C43H45NO4S. The molecule has 0 aliphatic carbocycles. The lowest BCUT2D eigenvalue weighted by Crippen LogP contribution is -2.52. The van der Waals surface area contributed by atoms with Gasteiger partial charge in [-0.05, 0) is 35.3 Å². The van der Waals surface area contributed by atoms with Crippen LogP contribution in [0.25, 0.3) is 0 Å². The molecule has 0 bridgehead atoms. The van der Waals surface area contributed by atoms with Gasteiger partial charge in [0, 0.05) is 17.0 Å². The monoisotopic (exact) mass is 671 g/mol. The molecule has 5 nitrogen and oxygen atoms in total. The van der Waals surface area contributed by atoms with Gasteiger partial charge in [-0.3, -0.25) is 4.90 Å². The second-order valence-corrected chi connectivity index (χ2v) is 13.8. The highest BCUT2D eigenvalue weighted by Gasteiger charge is 2.59. The van der Waals surface area contributed by atoms with Crippen LogP contribution in [-0.4, -0.2) is 35.5 Å². The largest absolute Gasteiger partial charge is 0.431 e. The van der Waals surface area contributed by atoms with Gasteiger partial charge in [0.25, 0.3) is 0 Å². The van der Waals surface area contributed by atoms with Crippen molar-refractivity contribution in [2.24, 2.45) is 5.92 Å². The second-order valence-electron chi connectivity index (χ2n) is 12.8. The topological polar surface area (TPSA) is 48.0 Å². The van der Waals surface area contributed by atoms with Crippen molar-refractivity contribution in [2.45, 2.75) is 55.9 Å². The molecule has 6 rings (SSSR count). The highest BCUT2D eigenvalue weighted by atomic mass is 32.2. The van der Waals surface area contributed by atoms with E-state index in [1.165, 1.54) is 0 Å². The molecule has 0 aromatic heterocycles. The van der Waals surface area contributed by atoms with Gasteiger partial charge in [-0.2, -0.15) is 0 Å². The summed E-state index contributed by atoms with van der Waals surface area (Å²) < 4.78 is 19.3. The Labute approximate surface area is 295 Å². The van der Waals surface area contributed by atoms with Crippen LogP contribution in [0.4, 0.5) is 4.79 Å². The lowest BCUT2D eigenvalue weighted by Gasteiger charge is -2.42. The Morgan fingerprint density at radius 1 is 0.714 bits per heavy atom. The number of thioether (sulfide) groups is 1. The lowest BCUT2D eigenvalue weighted by molar-refractivity contribution is -0.102. The average Bonchev–Trinajstić information content (AvgIpc) is 3.48. The van der Waals surface area contributed by atoms with Crippen LogP contribution in [-0.2, 0) is 26.4 Å². The molecule has 0 saturated carbocycles. The molecule has 0 spiro atoms. The minimum atomic E-state index is -0.983. The third-order valence-corrected chi connectivity index (χ3v) is 10.4. The summed E-state index contributed by atoms with van der Waals surface area (Å²) in [6.07, 6.45) is 2.14. The van der Waals surface area contributed by atoms with Crippen molar-refractivity contribution in [2.75, 3.05) is 13.0 Å². The first kappa shape index (κ1) is 34.5. The molecule has 1 fully saturated rings. The number of cyclic esters (lactones) is 1. The first-order valence-electron chi connectivity index (χ1n) is 17.0. The van der Waals surface area contributed by atoms with Crippen LogP contribution in [0.5, 0.6) is 0 Å². The highest BCUT2D eigenvalue weighted by molar-refractivity contribution is 7.99. The van der Waals surface area contributed by atoms with E-state index in [1.807, 2.05) is 95.9 Å². The predicted molar refractivity (Wildman–Crippen MR) is 198 cm³/mol. The van der Waals surface area contributed by atoms with E-state index in [2.05, 4.69) is 80.8 Å². The molecule has 5 aromatic rings. The lowest BCUT2D eigenvalue weighted by atomic mass is 9.75. The van der Waals surface area contributed by atoms with Crippen LogP contribution in [0.1, 0.15) is 60.1 Å². The van der Waals surface area contributed by atoms with Gasteiger partial charge in [0.2, 0.25) is 0 Å². The van der Waals surface area contributed by atoms with Crippen LogP contribution in [0.2, 0.25) is 0 Å². The number of benzene rings is 5. The number of hydrogen-bond acceptors (Lipinski definition) is 5. The van der Waals surface area contributed by atoms with E-state index in [0.717, 1.165) is 27.8 Å². The molecule has 0 N–H and O–H groups in total. The molecule has 1 amide bonds. The van der Waals surface area contributed by atoms with Gasteiger partial charge in [-0.1, -0.05) is 166 Å². The molecule has 1 heterocycles. The van der Waals surface area contributed by atoms with Gasteiger partial charge in [0.15, 0.2) is 5.60 Å². The molecule has 1 saturated heterocycles. The third kappa shape index (κ3) is 7.62. The van der Waals surface area contributed by atoms with Gasteiger partial charge >= 0.3 is 6.09 Å². The molecule has 6 heteroatoms. The molecule has 0 unspecified atom stereocenters. The summed E-state index contributed by atoms with van der Waals surface area (Å²) in [7, 11) is 0. The Morgan fingerprint density at radius 3 is 1.71 bits per heavy atom. The zero-order valence-corrected chi connectivity index (χ0v) is 29.2. The van der Waals surface area contributed by atoms with Crippen LogP contribution in [0, 0.1) is 5.92 Å². The van der Waals surface area contributed by atoms with E-state index in [4.69, 9.17) is 14.2 Å². The summed E-state index contributed by atoms with van der Waals surface area (Å²) >= 11 is 1.69. The summed E-state index contributed by atoms with van der Waals surface area (Å²) in [5.41, 5.74) is 4.26. The van der Waals surface area contributed by atoms with E-state index in [9.17, 15) is 4.79 Å². The number of rotatable bonds is 15. The average molecular weight is 672 g/mol. The number of amides is 1. The maximum Gasteiger partial charge on any atom is 0.412 e. The van der Waals surface area contributed by atoms with Gasteiger partial charge in [-0.15, -0.1) is 11.8 Å². The number of nitrogens with zero attached hydrogens (tertiary/aromatic N) is 1. The van der Waals surface area contributed by atoms with Crippen molar-refractivity contribution in [3.8, 4) is 0 Å². The van der Waals surface area contributed by atoms with E-state index in [-0.39, 0.29) is 42.2 Å². The van der Waals surface area contributed by atoms with Gasteiger partial charge < -0.3 is 14.2 Å². The fourth-order valence-electron chi connectivity index (χ4n) is 7.26. The smallest absolute Gasteiger partial charge is 0.412 e. The molecule has 1 aliphatic heterocycles. The Balaban J connectivity index is 1.38. The van der Waals surface area contributed by atoms with Gasteiger partial charge in [0.05, 0.1) is 24.1 Å². The molecule has 4 atom stereocenters. The summed E-state index contributed by atoms with van der Waals surface area (Å²) in [5, 5.41) is -0.253. The molecule has 0 radical (unpaired) electrons. The SMILES string of the molecule is CS[C@@H]([C@H](C[C@H](OCOCc1ccccc1)c1ccccc1)c1ccccc1)N1C(=O)OC(c2ccccc2)(c2ccccc2)[C@@H]1C(C)C. The minimum absolute atomic E-state index is 0.0745. The minimum Gasteiger partial charge on any atom is -0.431 e. The van der Waals surface area contributed by atoms with Crippen LogP contribution in [0.15, 0.2) is 152 Å². The predicted octanol–water partition coefficient (Wildman–Crippen LogP) is 10.2. The summed E-state index contributed by atoms with van der Waals surface area (Å²) in [4.78, 5) is 16.6. The first-order valence-corrected chi connectivity index (χ1v) is 18.3. The fraction of sp³-hybridized carbons (Fsp3) is 0.279. The van der Waals surface area contributed by atoms with E-state index >= 15 is 0 Å². The van der Waals surface area contributed by atoms with E-state index in [0.29, 0.717) is 13.0 Å². The fourth-order valence-corrected chi connectivity index (χ4v) is 8.30. The number of carbonyl (C=O) groups excluding carboxylic acids is 1. The van der Waals surface area contributed by atoms with Crippen molar-refractivity contribution in [1.82, 2.24) is 4.90 Å². The molecule has 5 aromatic carbocycles. The number of carbonyl (C=O) groups is 1. The Morgan fingerprint density at radius 2 is 1.20 bits per heavy atom. The van der Waals surface area contributed by atoms with E-state index in [1.54, 1.807) is 11.8 Å². The molecule has 252 valence electrons.